The molecular weight excluding hydrogens is 344 g/mol. The minimum Gasteiger partial charge on any atom is -0.504 e. The van der Waals surface area contributed by atoms with E-state index in [2.05, 4.69) is 10.1 Å². The molecule has 7 nitrogen and oxygen atoms in total. The topological polar surface area (TPSA) is 96.6 Å². The van der Waals surface area contributed by atoms with E-state index in [4.69, 9.17) is 14.6 Å². The van der Waals surface area contributed by atoms with Crippen LogP contribution in [0.4, 0.5) is 0 Å². The zero-order valence-corrected chi connectivity index (χ0v) is 14.5. The van der Waals surface area contributed by atoms with Gasteiger partial charge in [0.25, 0.3) is 0 Å². The van der Waals surface area contributed by atoms with Crippen molar-refractivity contribution in [1.29, 1.82) is 5.41 Å². The molecule has 2 aromatic carbocycles. The van der Waals surface area contributed by atoms with Crippen molar-refractivity contribution in [2.45, 2.75) is 0 Å². The highest BCUT2D eigenvalue weighted by Crippen LogP contribution is 2.26. The third-order valence-electron chi connectivity index (χ3n) is 4.07. The SMILES string of the molecule is COc1cc(/C=N/n2cnc3oc(-c4ccccc4)cc3c2=N)ccc1O. The summed E-state index contributed by atoms with van der Waals surface area (Å²) in [4.78, 5) is 4.25. The molecule has 0 saturated heterocycles. The summed E-state index contributed by atoms with van der Waals surface area (Å²) in [5.41, 5.74) is 2.18. The number of hydrogen-bond acceptors (Lipinski definition) is 6. The van der Waals surface area contributed by atoms with E-state index in [1.165, 1.54) is 24.2 Å². The summed E-state index contributed by atoms with van der Waals surface area (Å²) in [5, 5.41) is 22.9. The van der Waals surface area contributed by atoms with Crippen LogP contribution in [0.2, 0.25) is 0 Å². The Labute approximate surface area is 154 Å². The Morgan fingerprint density at radius 3 is 2.78 bits per heavy atom. The fraction of sp³-hybridized carbons (Fsp3) is 0.0500. The summed E-state index contributed by atoms with van der Waals surface area (Å²) in [5.74, 6) is 1.06. The lowest BCUT2D eigenvalue weighted by Gasteiger charge is -2.03. The van der Waals surface area contributed by atoms with Crippen LogP contribution in [0.25, 0.3) is 22.4 Å². The van der Waals surface area contributed by atoms with Gasteiger partial charge in [0, 0.05) is 5.56 Å². The quantitative estimate of drug-likeness (QED) is 0.545. The Hall–Kier alpha value is -3.87. The van der Waals surface area contributed by atoms with Crippen LogP contribution in [-0.4, -0.2) is 28.1 Å². The van der Waals surface area contributed by atoms with E-state index in [1.54, 1.807) is 24.4 Å². The average Bonchev–Trinajstić information content (AvgIpc) is 3.14. The summed E-state index contributed by atoms with van der Waals surface area (Å²) in [6.07, 6.45) is 2.99. The Balaban J connectivity index is 1.71. The highest BCUT2D eigenvalue weighted by molar-refractivity contribution is 5.81. The minimum atomic E-state index is 0.0541. The number of rotatable bonds is 4. The molecule has 0 aliphatic heterocycles. The first-order chi connectivity index (χ1) is 13.2. The van der Waals surface area contributed by atoms with Gasteiger partial charge in [-0.05, 0) is 29.8 Å². The zero-order valence-electron chi connectivity index (χ0n) is 14.5. The summed E-state index contributed by atoms with van der Waals surface area (Å²) in [6, 6.07) is 16.3. The van der Waals surface area contributed by atoms with E-state index in [9.17, 15) is 5.11 Å². The standard InChI is InChI=1S/C20H16N4O3/c1-26-18-9-13(7-8-16(18)25)11-23-24-12-22-20-15(19(24)21)10-17(27-20)14-5-3-2-4-6-14/h2-12,21,25H,1H3/b21-19?,23-11+. The van der Waals surface area contributed by atoms with Crippen molar-refractivity contribution in [2.24, 2.45) is 5.10 Å². The maximum Gasteiger partial charge on any atom is 0.231 e. The number of aromatic nitrogens is 2. The third-order valence-corrected chi connectivity index (χ3v) is 4.07. The second-order valence-electron chi connectivity index (χ2n) is 5.81. The lowest BCUT2D eigenvalue weighted by Crippen LogP contribution is -2.16. The number of nitrogens with zero attached hydrogens (tertiary/aromatic N) is 3. The molecule has 2 N–H and O–H groups in total. The smallest absolute Gasteiger partial charge is 0.231 e. The van der Waals surface area contributed by atoms with Crippen molar-refractivity contribution in [3.8, 4) is 22.8 Å². The van der Waals surface area contributed by atoms with Crippen LogP contribution in [0, 0.1) is 5.41 Å². The fourth-order valence-electron chi connectivity index (χ4n) is 2.67. The van der Waals surface area contributed by atoms with E-state index in [-0.39, 0.29) is 11.2 Å². The van der Waals surface area contributed by atoms with Gasteiger partial charge in [0.1, 0.15) is 12.1 Å². The van der Waals surface area contributed by atoms with Gasteiger partial charge in [-0.1, -0.05) is 30.3 Å². The van der Waals surface area contributed by atoms with E-state index in [1.807, 2.05) is 30.3 Å². The number of aromatic hydroxyl groups is 1. The molecule has 0 aliphatic carbocycles. The van der Waals surface area contributed by atoms with Crippen LogP contribution in [0.1, 0.15) is 5.56 Å². The molecule has 2 aromatic heterocycles. The molecule has 0 bridgehead atoms. The number of furan rings is 1. The number of nitrogens with one attached hydrogen (secondary N) is 1. The summed E-state index contributed by atoms with van der Waals surface area (Å²) in [6.45, 7) is 0. The minimum absolute atomic E-state index is 0.0541. The van der Waals surface area contributed by atoms with Gasteiger partial charge in [0.05, 0.1) is 18.7 Å². The number of fused-ring (bicyclic) bond motifs is 1. The van der Waals surface area contributed by atoms with E-state index in [0.717, 1.165) is 5.56 Å². The molecule has 0 saturated carbocycles. The number of ether oxygens (including phenoxy) is 1. The molecule has 2 heterocycles. The van der Waals surface area contributed by atoms with Gasteiger partial charge in [-0.15, -0.1) is 0 Å². The van der Waals surface area contributed by atoms with Gasteiger partial charge in [0.2, 0.25) is 5.71 Å². The van der Waals surface area contributed by atoms with Crippen LogP contribution in [0.15, 0.2) is 70.4 Å². The molecule has 0 radical (unpaired) electrons. The largest absolute Gasteiger partial charge is 0.504 e. The van der Waals surface area contributed by atoms with E-state index in [0.29, 0.717) is 28.2 Å². The van der Waals surface area contributed by atoms with Crippen LogP contribution in [0.3, 0.4) is 0 Å². The summed E-state index contributed by atoms with van der Waals surface area (Å²) >= 11 is 0. The molecule has 0 fully saturated rings. The third kappa shape index (κ3) is 3.18. The van der Waals surface area contributed by atoms with Crippen LogP contribution >= 0.6 is 0 Å². The van der Waals surface area contributed by atoms with E-state index < -0.39 is 0 Å². The number of hydrogen-bond donors (Lipinski definition) is 2. The molecule has 0 spiro atoms. The first-order valence-electron chi connectivity index (χ1n) is 8.18. The monoisotopic (exact) mass is 360 g/mol. The Morgan fingerprint density at radius 2 is 2.00 bits per heavy atom. The fourth-order valence-corrected chi connectivity index (χ4v) is 2.67. The average molecular weight is 360 g/mol. The predicted molar refractivity (Wildman–Crippen MR) is 101 cm³/mol. The lowest BCUT2D eigenvalue weighted by molar-refractivity contribution is 0.373. The normalized spacial score (nSPS) is 11.3. The predicted octanol–water partition coefficient (Wildman–Crippen LogP) is 3.37. The van der Waals surface area contributed by atoms with Gasteiger partial charge in [0.15, 0.2) is 17.0 Å². The maximum absolute atomic E-state index is 9.65. The van der Waals surface area contributed by atoms with Crippen molar-refractivity contribution >= 4 is 17.3 Å². The molecule has 4 rings (SSSR count). The molecule has 0 unspecified atom stereocenters. The van der Waals surface area contributed by atoms with Crippen LogP contribution in [0.5, 0.6) is 11.5 Å². The second kappa shape index (κ2) is 6.80. The molecule has 0 atom stereocenters. The van der Waals surface area contributed by atoms with Gasteiger partial charge in [-0.2, -0.15) is 5.10 Å². The summed E-state index contributed by atoms with van der Waals surface area (Å²) in [7, 11) is 1.48. The zero-order chi connectivity index (χ0) is 18.8. The van der Waals surface area contributed by atoms with Crippen molar-refractivity contribution < 1.29 is 14.3 Å². The molecule has 0 amide bonds. The van der Waals surface area contributed by atoms with Crippen LogP contribution in [-0.2, 0) is 0 Å². The molecule has 0 aliphatic rings. The van der Waals surface area contributed by atoms with Gasteiger partial charge < -0.3 is 14.3 Å². The number of methoxy groups -OCH3 is 1. The Kier molecular flexibility index (Phi) is 4.18. The van der Waals surface area contributed by atoms with Gasteiger partial charge >= 0.3 is 0 Å². The van der Waals surface area contributed by atoms with Gasteiger partial charge in [-0.25, -0.2) is 9.66 Å². The Morgan fingerprint density at radius 1 is 1.19 bits per heavy atom. The maximum atomic E-state index is 9.65. The molecule has 27 heavy (non-hydrogen) atoms. The first kappa shape index (κ1) is 16.6. The number of phenolic OH excluding ortho intramolecular Hbond substituents is 1. The van der Waals surface area contributed by atoms with Crippen molar-refractivity contribution in [3.05, 3.63) is 72.0 Å². The highest BCUT2D eigenvalue weighted by atomic mass is 16.5. The number of benzene rings is 2. The highest BCUT2D eigenvalue weighted by Gasteiger charge is 2.10. The molecule has 4 aromatic rings. The van der Waals surface area contributed by atoms with Crippen molar-refractivity contribution in [2.75, 3.05) is 7.11 Å². The molecule has 134 valence electrons. The Bertz CT molecular complexity index is 1190. The van der Waals surface area contributed by atoms with Crippen molar-refractivity contribution in [1.82, 2.24) is 9.66 Å². The lowest BCUT2D eigenvalue weighted by atomic mass is 10.2. The molecule has 7 heteroatoms. The van der Waals surface area contributed by atoms with E-state index >= 15 is 0 Å². The van der Waals surface area contributed by atoms with Crippen LogP contribution < -0.4 is 10.2 Å². The van der Waals surface area contributed by atoms with Gasteiger partial charge in [-0.3, -0.25) is 5.41 Å². The van der Waals surface area contributed by atoms with Crippen molar-refractivity contribution in [3.63, 3.8) is 0 Å². The number of phenols is 1. The molecular formula is C20H16N4O3. The second-order valence-corrected chi connectivity index (χ2v) is 5.81. The first-order valence-corrected chi connectivity index (χ1v) is 8.18. The summed E-state index contributed by atoms with van der Waals surface area (Å²) < 4.78 is 12.2.